The number of halogens is 1. The topological polar surface area (TPSA) is 176 Å². The maximum absolute atomic E-state index is 14.4. The second-order valence-corrected chi connectivity index (χ2v) is 12.7. The molecular weight excluding hydrogens is 602 g/mol. The summed E-state index contributed by atoms with van der Waals surface area (Å²) in [7, 11) is -4.54. The molecule has 0 spiro atoms. The van der Waals surface area contributed by atoms with E-state index in [0.29, 0.717) is 28.6 Å². The number of pyridine rings is 1. The maximum Gasteiger partial charge on any atom is 0.176 e. The van der Waals surface area contributed by atoms with Crippen molar-refractivity contribution < 1.29 is 17.0 Å². The molecule has 1 atom stereocenters. The number of sulfone groups is 1. The second kappa shape index (κ2) is 13.8. The largest absolute Gasteiger partial charge is 0.382 e. The summed E-state index contributed by atoms with van der Waals surface area (Å²) >= 11 is 0. The summed E-state index contributed by atoms with van der Waals surface area (Å²) < 4.78 is 50.4. The molecule has 0 saturated carbocycles. The summed E-state index contributed by atoms with van der Waals surface area (Å²) in [6.07, 6.45) is 4.29. The smallest absolute Gasteiger partial charge is 0.176 e. The molecule has 0 amide bonds. The van der Waals surface area contributed by atoms with Gasteiger partial charge in [0, 0.05) is 33.9 Å². The summed E-state index contributed by atoms with van der Waals surface area (Å²) in [4.78, 5) is 13.2. The number of hydrogen-bond acceptors (Lipinski definition) is 10. The number of para-hydroxylation sites is 1. The van der Waals surface area contributed by atoms with E-state index >= 15 is 0 Å². The molecule has 2 heterocycles. The molecule has 5 rings (SSSR count). The number of fused-ring (bicyclic) bond motifs is 1. The molecule has 222 valence electrons. The number of rotatable bonds is 7. The number of hydrogen-bond donors (Lipinski definition) is 2. The van der Waals surface area contributed by atoms with Crippen LogP contribution in [0.1, 0.15) is 16.8 Å². The minimum Gasteiger partial charge on any atom is -0.382 e. The number of aromatic nitrogens is 3. The van der Waals surface area contributed by atoms with Crippen LogP contribution in [0, 0.1) is 28.5 Å². The zero-order chi connectivity index (χ0) is 31.9. The van der Waals surface area contributed by atoms with Crippen molar-refractivity contribution in [3.63, 3.8) is 0 Å². The fourth-order valence-corrected chi connectivity index (χ4v) is 6.09. The Kier molecular flexibility index (Phi) is 9.95. The van der Waals surface area contributed by atoms with Gasteiger partial charge in [-0.25, -0.2) is 27.8 Å². The van der Waals surface area contributed by atoms with Crippen LogP contribution in [0.2, 0.25) is 0 Å². The van der Waals surface area contributed by atoms with Crippen molar-refractivity contribution in [3.8, 4) is 23.3 Å². The van der Waals surface area contributed by atoms with E-state index < -0.39 is 26.5 Å². The van der Waals surface area contributed by atoms with Gasteiger partial charge in [-0.1, -0.05) is 48.5 Å². The van der Waals surface area contributed by atoms with Crippen LogP contribution in [-0.2, 0) is 33.6 Å². The average molecular weight is 628 g/mol. The first kappa shape index (κ1) is 31.7. The van der Waals surface area contributed by atoms with Crippen molar-refractivity contribution in [2.45, 2.75) is 22.8 Å². The summed E-state index contributed by atoms with van der Waals surface area (Å²) in [5, 5.41) is 21.3. The molecule has 1 unspecified atom stereocenters. The lowest BCUT2D eigenvalue weighted by molar-refractivity contribution is 0.602. The molecule has 2 aromatic heterocycles. The Labute approximate surface area is 256 Å². The molecule has 0 aliphatic carbocycles. The molecule has 0 aliphatic heterocycles. The van der Waals surface area contributed by atoms with Crippen molar-refractivity contribution in [3.05, 3.63) is 102 Å². The molecule has 0 aliphatic rings. The predicted molar refractivity (Wildman–Crippen MR) is 167 cm³/mol. The molecule has 0 fully saturated rings. The third-order valence-electron chi connectivity index (χ3n) is 6.42. The number of benzene rings is 3. The Morgan fingerprint density at radius 2 is 1.73 bits per heavy atom. The van der Waals surface area contributed by atoms with E-state index in [9.17, 15) is 22.3 Å². The van der Waals surface area contributed by atoms with Crippen molar-refractivity contribution >= 4 is 43.2 Å². The van der Waals surface area contributed by atoms with Gasteiger partial charge < -0.3 is 11.1 Å². The third-order valence-corrected chi connectivity index (χ3v) is 8.59. The number of anilines is 2. The monoisotopic (exact) mass is 627 g/mol. The Bertz CT molecular complexity index is 2070. The van der Waals surface area contributed by atoms with Gasteiger partial charge in [-0.3, -0.25) is 4.21 Å². The van der Waals surface area contributed by atoms with Gasteiger partial charge >= 0.3 is 0 Å². The van der Waals surface area contributed by atoms with Gasteiger partial charge in [-0.05, 0) is 29.8 Å². The lowest BCUT2D eigenvalue weighted by Gasteiger charge is -2.15. The van der Waals surface area contributed by atoms with Crippen LogP contribution in [0.3, 0.4) is 0 Å². The lowest BCUT2D eigenvalue weighted by atomic mass is 10.0. The summed E-state index contributed by atoms with van der Waals surface area (Å²) in [5.74, 6) is -0.293. The molecular formula is C31H26FN7O3S2. The van der Waals surface area contributed by atoms with E-state index in [4.69, 9.17) is 11.0 Å². The standard InChI is InChI=1S/C22H17FN6O2S.C9H9NOS/c1-32(30,31)19-8-3-2-6-14(19)15-9-13-5-4-7-17(23)20(13)29-18(15)11-26-22-16(10-24)21(25)27-12-28-22;1-12(11)9-5-3-2-4-8(9)6-7-10/h2-9,12H,11H2,1H3,(H3,25,26,27,28);2-5H,6H2,1H3. The van der Waals surface area contributed by atoms with Gasteiger partial charge in [0.15, 0.2) is 9.84 Å². The van der Waals surface area contributed by atoms with Crippen LogP contribution in [0.5, 0.6) is 0 Å². The Morgan fingerprint density at radius 1 is 1.00 bits per heavy atom. The first-order chi connectivity index (χ1) is 21.0. The van der Waals surface area contributed by atoms with E-state index in [1.807, 2.05) is 30.3 Å². The highest BCUT2D eigenvalue weighted by Crippen LogP contribution is 2.33. The first-order valence-electron chi connectivity index (χ1n) is 13.0. The van der Waals surface area contributed by atoms with Gasteiger partial charge in [-0.2, -0.15) is 10.5 Å². The molecule has 0 saturated heterocycles. The molecule has 44 heavy (non-hydrogen) atoms. The van der Waals surface area contributed by atoms with Crippen LogP contribution < -0.4 is 11.1 Å². The number of nitrogens with two attached hydrogens (primary N) is 1. The highest BCUT2D eigenvalue weighted by Gasteiger charge is 2.19. The maximum atomic E-state index is 14.4. The highest BCUT2D eigenvalue weighted by molar-refractivity contribution is 7.90. The number of nitrogens with one attached hydrogen (secondary N) is 1. The van der Waals surface area contributed by atoms with Gasteiger partial charge in [0.2, 0.25) is 0 Å². The van der Waals surface area contributed by atoms with E-state index in [0.717, 1.165) is 16.7 Å². The first-order valence-corrected chi connectivity index (χ1v) is 16.4. The lowest BCUT2D eigenvalue weighted by Crippen LogP contribution is -2.10. The Hall–Kier alpha value is -5.24. The second-order valence-electron chi connectivity index (χ2n) is 9.41. The summed E-state index contributed by atoms with van der Waals surface area (Å²) in [6, 6.07) is 24.1. The van der Waals surface area contributed by atoms with Crippen LogP contribution in [0.15, 0.2) is 88.9 Å². The fraction of sp³-hybridized carbons (Fsp3) is 0.129. The molecule has 13 heteroatoms. The van der Waals surface area contributed by atoms with E-state index in [1.165, 1.54) is 18.5 Å². The van der Waals surface area contributed by atoms with Crippen molar-refractivity contribution in [2.24, 2.45) is 0 Å². The number of nitrogens with zero attached hydrogens (tertiary/aromatic N) is 5. The summed E-state index contributed by atoms with van der Waals surface area (Å²) in [5.41, 5.74) is 8.14. The third kappa shape index (κ3) is 7.21. The fourth-order valence-electron chi connectivity index (χ4n) is 4.41. The van der Waals surface area contributed by atoms with Gasteiger partial charge in [-0.15, -0.1) is 0 Å². The SMILES string of the molecule is CS(=O)(=O)c1ccccc1-c1cc2cccc(F)c2nc1CNc1ncnc(N)c1C#N.CS(=O)c1ccccc1CC#N. The minimum absolute atomic E-state index is 0.0187. The van der Waals surface area contributed by atoms with E-state index in [-0.39, 0.29) is 34.2 Å². The molecule has 3 aromatic carbocycles. The molecule has 0 bridgehead atoms. The molecule has 3 N–H and O–H groups in total. The Balaban J connectivity index is 0.000000309. The van der Waals surface area contributed by atoms with E-state index in [1.54, 1.807) is 48.7 Å². The predicted octanol–water partition coefficient (Wildman–Crippen LogP) is 4.79. The van der Waals surface area contributed by atoms with E-state index in [2.05, 4.69) is 20.3 Å². The highest BCUT2D eigenvalue weighted by atomic mass is 32.2. The van der Waals surface area contributed by atoms with Crippen LogP contribution in [0.25, 0.3) is 22.0 Å². The normalized spacial score (nSPS) is 11.5. The number of nitrogen functional groups attached to an aromatic ring is 1. The molecule has 0 radical (unpaired) electrons. The average Bonchev–Trinajstić information content (AvgIpc) is 3.00. The zero-order valence-electron chi connectivity index (χ0n) is 23.7. The van der Waals surface area contributed by atoms with Crippen molar-refractivity contribution in [1.29, 1.82) is 10.5 Å². The van der Waals surface area contributed by atoms with Gasteiger partial charge in [0.1, 0.15) is 40.9 Å². The van der Waals surface area contributed by atoms with Crippen LogP contribution in [-0.4, -0.2) is 40.1 Å². The van der Waals surface area contributed by atoms with Crippen LogP contribution >= 0.6 is 0 Å². The van der Waals surface area contributed by atoms with Crippen molar-refractivity contribution in [1.82, 2.24) is 15.0 Å². The zero-order valence-corrected chi connectivity index (χ0v) is 25.3. The molecule has 10 nitrogen and oxygen atoms in total. The number of nitriles is 2. The summed E-state index contributed by atoms with van der Waals surface area (Å²) in [6.45, 7) is 0.0306. The minimum atomic E-state index is -3.55. The van der Waals surface area contributed by atoms with Crippen LogP contribution in [0.4, 0.5) is 16.0 Å². The van der Waals surface area contributed by atoms with Gasteiger partial charge in [0.25, 0.3) is 0 Å². The Morgan fingerprint density at radius 3 is 2.43 bits per heavy atom. The molecule has 5 aromatic rings. The quantitative estimate of drug-likeness (QED) is 0.255. The van der Waals surface area contributed by atoms with Crippen molar-refractivity contribution in [2.75, 3.05) is 23.6 Å². The van der Waals surface area contributed by atoms with Gasteiger partial charge in [0.05, 0.1) is 40.4 Å².